The first kappa shape index (κ1) is 19.2. The topological polar surface area (TPSA) is 86.3 Å². The van der Waals surface area contributed by atoms with Crippen molar-refractivity contribution in [2.24, 2.45) is 0 Å². The first-order valence-electron chi connectivity index (χ1n) is 8.54. The van der Waals surface area contributed by atoms with Crippen LogP contribution in [0.5, 0.6) is 5.75 Å². The molecule has 0 unspecified atom stereocenters. The average molecular weight is 415 g/mol. The molecule has 2 aromatic carbocycles. The predicted molar refractivity (Wildman–Crippen MR) is 100 cm³/mol. The fraction of sp³-hybridized carbons (Fsp3) is 0.0500. The third kappa shape index (κ3) is 3.39. The molecule has 0 atom stereocenters. The molecule has 0 amide bonds. The number of alkyl halides is 2. The normalized spacial score (nSPS) is 11.2. The van der Waals surface area contributed by atoms with Gasteiger partial charge in [-0.3, -0.25) is 4.57 Å². The molecular formula is C20H12F3N3O4. The maximum Gasteiger partial charge on any atom is 0.387 e. The summed E-state index contributed by atoms with van der Waals surface area (Å²) < 4.78 is 45.2. The van der Waals surface area contributed by atoms with Crippen LogP contribution >= 0.6 is 0 Å². The van der Waals surface area contributed by atoms with E-state index in [1.54, 1.807) is 0 Å². The molecule has 10 heteroatoms. The number of benzene rings is 2. The second kappa shape index (κ2) is 7.39. The summed E-state index contributed by atoms with van der Waals surface area (Å²) in [7, 11) is 0. The van der Waals surface area contributed by atoms with Crippen molar-refractivity contribution in [2.45, 2.75) is 6.61 Å². The quantitative estimate of drug-likeness (QED) is 0.538. The Morgan fingerprint density at radius 3 is 2.40 bits per heavy atom. The second-order valence-electron chi connectivity index (χ2n) is 6.15. The predicted octanol–water partition coefficient (Wildman–Crippen LogP) is 3.62. The lowest BCUT2D eigenvalue weighted by Gasteiger charge is -2.07. The largest absolute Gasteiger partial charge is 0.477 e. The number of hydrogen-bond acceptors (Lipinski definition) is 4. The van der Waals surface area contributed by atoms with E-state index >= 15 is 0 Å². The smallest absolute Gasteiger partial charge is 0.387 e. The minimum Gasteiger partial charge on any atom is -0.477 e. The van der Waals surface area contributed by atoms with E-state index in [1.165, 1.54) is 65.2 Å². The Kier molecular flexibility index (Phi) is 4.74. The number of aromatic nitrogens is 3. The lowest BCUT2D eigenvalue weighted by molar-refractivity contribution is -0.0498. The van der Waals surface area contributed by atoms with Gasteiger partial charge in [-0.05, 0) is 48.5 Å². The van der Waals surface area contributed by atoms with Crippen molar-refractivity contribution < 1.29 is 27.8 Å². The Balaban J connectivity index is 2.02. The Bertz CT molecular complexity index is 1310. The number of halogens is 3. The van der Waals surface area contributed by atoms with Crippen molar-refractivity contribution in [3.8, 4) is 17.1 Å². The van der Waals surface area contributed by atoms with Gasteiger partial charge in [-0.15, -0.1) is 0 Å². The van der Waals surface area contributed by atoms with Crippen LogP contribution in [0.1, 0.15) is 10.5 Å². The van der Waals surface area contributed by atoms with Gasteiger partial charge in [0.2, 0.25) is 0 Å². The molecule has 0 aliphatic rings. The van der Waals surface area contributed by atoms with E-state index in [0.717, 1.165) is 4.57 Å². The summed E-state index contributed by atoms with van der Waals surface area (Å²) in [6.07, 6.45) is 0. The van der Waals surface area contributed by atoms with Gasteiger partial charge in [-0.2, -0.15) is 8.78 Å². The first-order chi connectivity index (χ1) is 14.3. The van der Waals surface area contributed by atoms with Gasteiger partial charge in [0.05, 0.1) is 16.9 Å². The number of ether oxygens (including phenoxy) is 1. The molecule has 0 saturated carbocycles. The molecule has 0 bridgehead atoms. The molecule has 7 nitrogen and oxygen atoms in total. The number of carboxylic acid groups (broad SMARTS) is 1. The summed E-state index contributed by atoms with van der Waals surface area (Å²) in [5.74, 6) is -2.00. The number of carboxylic acids is 1. The van der Waals surface area contributed by atoms with Crippen LogP contribution in [-0.2, 0) is 0 Å². The van der Waals surface area contributed by atoms with Gasteiger partial charge in [0.15, 0.2) is 11.3 Å². The van der Waals surface area contributed by atoms with Gasteiger partial charge in [0, 0.05) is 6.07 Å². The number of pyridine rings is 1. The SMILES string of the molecule is O=C(O)c1ccc2c(n1)n(-c1cccc(OC(F)F)c1)c(=O)n2-c1ccc(F)cc1. The van der Waals surface area contributed by atoms with E-state index in [9.17, 15) is 27.9 Å². The highest BCUT2D eigenvalue weighted by molar-refractivity contribution is 5.89. The first-order valence-corrected chi connectivity index (χ1v) is 8.54. The van der Waals surface area contributed by atoms with Crippen molar-refractivity contribution in [3.05, 3.63) is 82.7 Å². The molecule has 30 heavy (non-hydrogen) atoms. The van der Waals surface area contributed by atoms with E-state index in [2.05, 4.69) is 9.72 Å². The molecule has 1 N–H and O–H groups in total. The number of aromatic carboxylic acids is 1. The summed E-state index contributed by atoms with van der Waals surface area (Å²) in [5, 5.41) is 9.27. The molecule has 152 valence electrons. The Labute approximate surface area is 166 Å². The highest BCUT2D eigenvalue weighted by Gasteiger charge is 2.20. The van der Waals surface area contributed by atoms with Crippen LogP contribution < -0.4 is 10.4 Å². The fourth-order valence-corrected chi connectivity index (χ4v) is 3.06. The monoisotopic (exact) mass is 415 g/mol. The molecule has 0 spiro atoms. The molecular weight excluding hydrogens is 403 g/mol. The fourth-order valence-electron chi connectivity index (χ4n) is 3.06. The number of fused-ring (bicyclic) bond motifs is 1. The van der Waals surface area contributed by atoms with Crippen LogP contribution in [0, 0.1) is 5.82 Å². The number of nitrogens with zero attached hydrogens (tertiary/aromatic N) is 3. The molecule has 0 aliphatic heterocycles. The second-order valence-corrected chi connectivity index (χ2v) is 6.15. The van der Waals surface area contributed by atoms with E-state index in [-0.39, 0.29) is 28.3 Å². The maximum atomic E-state index is 13.3. The Morgan fingerprint density at radius 1 is 1.00 bits per heavy atom. The number of rotatable bonds is 5. The molecule has 0 radical (unpaired) electrons. The zero-order valence-electron chi connectivity index (χ0n) is 15.0. The van der Waals surface area contributed by atoms with E-state index in [1.807, 2.05) is 0 Å². The summed E-state index contributed by atoms with van der Waals surface area (Å²) in [5.41, 5.74) is -0.280. The highest BCUT2D eigenvalue weighted by atomic mass is 19.3. The van der Waals surface area contributed by atoms with Gasteiger partial charge in [-0.25, -0.2) is 23.5 Å². The van der Waals surface area contributed by atoms with Crippen molar-refractivity contribution >= 4 is 17.1 Å². The maximum absolute atomic E-state index is 13.3. The van der Waals surface area contributed by atoms with Crippen molar-refractivity contribution in [1.82, 2.24) is 14.1 Å². The summed E-state index contributed by atoms with van der Waals surface area (Å²) in [6, 6.07) is 13.1. The molecule has 0 fully saturated rings. The molecule has 4 rings (SSSR count). The third-order valence-corrected chi connectivity index (χ3v) is 4.29. The lowest BCUT2D eigenvalue weighted by Crippen LogP contribution is -2.22. The number of carbonyl (C=O) groups is 1. The Hall–Kier alpha value is -4.08. The third-order valence-electron chi connectivity index (χ3n) is 4.29. The minimum atomic E-state index is -3.06. The molecule has 0 saturated heterocycles. The van der Waals surface area contributed by atoms with Gasteiger partial charge < -0.3 is 9.84 Å². The van der Waals surface area contributed by atoms with Crippen LogP contribution in [0.2, 0.25) is 0 Å². The lowest BCUT2D eigenvalue weighted by atomic mass is 10.3. The van der Waals surface area contributed by atoms with Crippen LogP contribution in [0.4, 0.5) is 13.2 Å². The summed E-state index contributed by atoms with van der Waals surface area (Å²) in [4.78, 5) is 28.7. The van der Waals surface area contributed by atoms with Crippen molar-refractivity contribution in [1.29, 1.82) is 0 Å². The summed E-state index contributed by atoms with van der Waals surface area (Å²) >= 11 is 0. The summed E-state index contributed by atoms with van der Waals surface area (Å²) in [6.45, 7) is -3.06. The van der Waals surface area contributed by atoms with E-state index in [4.69, 9.17) is 0 Å². The van der Waals surface area contributed by atoms with Gasteiger partial charge in [0.1, 0.15) is 11.6 Å². The molecule has 4 aromatic rings. The highest BCUT2D eigenvalue weighted by Crippen LogP contribution is 2.23. The van der Waals surface area contributed by atoms with E-state index < -0.39 is 24.1 Å². The zero-order valence-corrected chi connectivity index (χ0v) is 15.0. The minimum absolute atomic E-state index is 0.0154. The molecule has 0 aliphatic carbocycles. The van der Waals surface area contributed by atoms with Crippen LogP contribution in [0.25, 0.3) is 22.5 Å². The van der Waals surface area contributed by atoms with Crippen molar-refractivity contribution in [3.63, 3.8) is 0 Å². The van der Waals surface area contributed by atoms with Crippen LogP contribution in [0.15, 0.2) is 65.5 Å². The van der Waals surface area contributed by atoms with Crippen LogP contribution in [-0.4, -0.2) is 31.8 Å². The Morgan fingerprint density at radius 2 is 1.73 bits per heavy atom. The molecule has 2 heterocycles. The van der Waals surface area contributed by atoms with Gasteiger partial charge in [0.25, 0.3) is 0 Å². The standard InChI is InChI=1S/C20H12F3N3O4/c21-11-4-6-12(7-5-11)25-16-9-8-15(18(27)28)24-17(16)26(20(25)29)13-2-1-3-14(10-13)30-19(22)23/h1-10,19H,(H,27,28). The van der Waals surface area contributed by atoms with Gasteiger partial charge in [-0.1, -0.05) is 6.07 Å². The average Bonchev–Trinajstić information content (AvgIpc) is 2.99. The van der Waals surface area contributed by atoms with Crippen molar-refractivity contribution in [2.75, 3.05) is 0 Å². The number of hydrogen-bond donors (Lipinski definition) is 1. The number of imidazole rings is 1. The van der Waals surface area contributed by atoms with Crippen LogP contribution in [0.3, 0.4) is 0 Å². The van der Waals surface area contributed by atoms with E-state index in [0.29, 0.717) is 5.69 Å². The van der Waals surface area contributed by atoms with Gasteiger partial charge >= 0.3 is 18.3 Å². The zero-order chi connectivity index (χ0) is 21.4. The molecule has 2 aromatic heterocycles.